The van der Waals surface area contributed by atoms with Crippen LogP contribution in [0.15, 0.2) is 0 Å². The molecule has 0 aromatic carbocycles. The van der Waals surface area contributed by atoms with Crippen molar-refractivity contribution >= 4 is 18.1 Å². The topological polar surface area (TPSA) is 149 Å². The molecule has 3 unspecified atom stereocenters. The van der Waals surface area contributed by atoms with Crippen LogP contribution in [0.25, 0.3) is 0 Å². The first-order valence-corrected chi connectivity index (χ1v) is 18.6. The first-order chi connectivity index (χ1) is 22.4. The van der Waals surface area contributed by atoms with Gasteiger partial charge in [-0.15, -0.1) is 0 Å². The maximum atomic E-state index is 12.5. The number of aliphatic hydroxyl groups excluding tert-OH is 3. The van der Waals surface area contributed by atoms with Gasteiger partial charge < -0.3 is 15.3 Å². The van der Waals surface area contributed by atoms with Crippen molar-refractivity contribution < 1.29 is 49.3 Å². The molecule has 0 saturated heterocycles. The quantitative estimate of drug-likeness (QED) is 0.0374. The van der Waals surface area contributed by atoms with E-state index in [1.54, 1.807) is 0 Å². The van der Waals surface area contributed by atoms with E-state index in [1.165, 1.54) is 103 Å². The smallest absolute Gasteiger partial charge is 0.394 e. The molecule has 0 amide bonds. The van der Waals surface area contributed by atoms with E-state index in [2.05, 4.69) is 33.4 Å². The summed E-state index contributed by atoms with van der Waals surface area (Å²) in [6.07, 6.45) is 24.4. The van der Waals surface area contributed by atoms with Crippen LogP contribution < -0.4 is 0 Å². The van der Waals surface area contributed by atoms with E-state index in [0.29, 0.717) is 12.8 Å². The van der Waals surface area contributed by atoms with Gasteiger partial charge in [-0.25, -0.2) is 29.1 Å². The second-order valence-corrected chi connectivity index (χ2v) is 12.8. The van der Waals surface area contributed by atoms with Gasteiger partial charge in [0.15, 0.2) is 0 Å². The molecule has 0 aliphatic carbocycles. The van der Waals surface area contributed by atoms with Crippen molar-refractivity contribution in [1.82, 2.24) is 0 Å². The Balaban J connectivity index is 4.05. The highest BCUT2D eigenvalue weighted by Gasteiger charge is 2.34. The van der Waals surface area contributed by atoms with Crippen LogP contribution in [0.5, 0.6) is 0 Å². The summed E-state index contributed by atoms with van der Waals surface area (Å²) in [4.78, 5) is 53.6. The Morgan fingerprint density at radius 1 is 0.500 bits per heavy atom. The van der Waals surface area contributed by atoms with Crippen LogP contribution in [0.4, 0.5) is 4.79 Å². The van der Waals surface area contributed by atoms with Gasteiger partial charge in [-0.3, -0.25) is 0 Å². The molecule has 0 fully saturated rings. The summed E-state index contributed by atoms with van der Waals surface area (Å²) in [5.41, 5.74) is 0. The summed E-state index contributed by atoms with van der Waals surface area (Å²) in [7, 11) is 0. The normalized spacial score (nSPS) is 13.2. The van der Waals surface area contributed by atoms with Crippen molar-refractivity contribution in [2.24, 2.45) is 5.92 Å². The molecule has 10 heteroatoms. The molecule has 0 aromatic heterocycles. The molecule has 0 heterocycles. The van der Waals surface area contributed by atoms with E-state index in [1.807, 2.05) is 0 Å². The fourth-order valence-corrected chi connectivity index (χ4v) is 5.57. The molecule has 0 aliphatic heterocycles. The predicted octanol–water partition coefficient (Wildman–Crippen LogP) is 8.96. The first-order valence-electron chi connectivity index (χ1n) is 18.6. The van der Waals surface area contributed by atoms with Gasteiger partial charge in [-0.2, -0.15) is 4.79 Å². The molecule has 0 spiro atoms. The molecule has 0 aliphatic rings. The SMILES string of the molecule is CCCCCCCCCCCCCCCC(=O)OOC(=O)OOC(=O)C(CCCCCCCCCCCCCC)C(O)C(O)CO. The average Bonchev–Trinajstić information content (AvgIpc) is 3.06. The van der Waals surface area contributed by atoms with Gasteiger partial charge >= 0.3 is 18.1 Å². The van der Waals surface area contributed by atoms with Crippen molar-refractivity contribution in [3.63, 3.8) is 0 Å². The molecule has 46 heavy (non-hydrogen) atoms. The van der Waals surface area contributed by atoms with Gasteiger partial charge in [0, 0.05) is 0 Å². The van der Waals surface area contributed by atoms with Gasteiger partial charge in [0.1, 0.15) is 6.10 Å². The summed E-state index contributed by atoms with van der Waals surface area (Å²) in [5, 5.41) is 29.4. The number of carbonyl (C=O) groups is 3. The minimum atomic E-state index is -1.61. The molecule has 10 nitrogen and oxygen atoms in total. The van der Waals surface area contributed by atoms with E-state index in [-0.39, 0.29) is 12.8 Å². The van der Waals surface area contributed by atoms with Crippen molar-refractivity contribution in [3.8, 4) is 0 Å². The fourth-order valence-electron chi connectivity index (χ4n) is 5.57. The van der Waals surface area contributed by atoms with Gasteiger partial charge in [-0.1, -0.05) is 168 Å². The van der Waals surface area contributed by atoms with Crippen LogP contribution >= 0.6 is 0 Å². The second-order valence-electron chi connectivity index (χ2n) is 12.8. The standard InChI is InChI=1S/C36H68O10/c1-3-5-7-9-11-13-15-17-19-21-23-25-27-29-33(39)43-45-36(42)46-44-35(41)31(34(40)32(38)30-37)28-26-24-22-20-18-16-14-12-10-8-6-4-2/h31-32,34,37-38,40H,3-30H2,1-2H3. The van der Waals surface area contributed by atoms with Crippen molar-refractivity contribution in [3.05, 3.63) is 0 Å². The average molecular weight is 661 g/mol. The number of rotatable bonds is 31. The third-order valence-electron chi connectivity index (χ3n) is 8.54. The summed E-state index contributed by atoms with van der Waals surface area (Å²) < 4.78 is 0. The fraction of sp³-hybridized carbons (Fsp3) is 0.917. The lowest BCUT2D eigenvalue weighted by Crippen LogP contribution is -2.40. The Bertz CT molecular complexity index is 717. The predicted molar refractivity (Wildman–Crippen MR) is 178 cm³/mol. The lowest BCUT2D eigenvalue weighted by Gasteiger charge is -2.23. The molecule has 0 saturated carbocycles. The Labute approximate surface area is 279 Å². The van der Waals surface area contributed by atoms with Gasteiger partial charge in [0.05, 0.1) is 25.0 Å². The van der Waals surface area contributed by atoms with Crippen LogP contribution in [-0.4, -0.2) is 52.2 Å². The molecule has 272 valence electrons. The van der Waals surface area contributed by atoms with Gasteiger partial charge in [0.25, 0.3) is 0 Å². The molecule has 3 N–H and O–H groups in total. The molecular weight excluding hydrogens is 592 g/mol. The number of hydrogen-bond donors (Lipinski definition) is 3. The summed E-state index contributed by atoms with van der Waals surface area (Å²) in [5.74, 6) is -3.06. The maximum absolute atomic E-state index is 12.5. The molecule has 0 aromatic rings. The molecule has 0 bridgehead atoms. The third-order valence-corrected chi connectivity index (χ3v) is 8.54. The molecule has 0 radical (unpaired) electrons. The number of unbranched alkanes of at least 4 members (excludes halogenated alkanes) is 23. The highest BCUT2D eigenvalue weighted by atomic mass is 17.3. The van der Waals surface area contributed by atoms with E-state index in [4.69, 9.17) is 0 Å². The highest BCUT2D eigenvalue weighted by Crippen LogP contribution is 2.21. The zero-order valence-electron chi connectivity index (χ0n) is 29.2. The third kappa shape index (κ3) is 27.2. The molecular formula is C36H68O10. The van der Waals surface area contributed by atoms with Gasteiger partial charge in [0.2, 0.25) is 0 Å². The van der Waals surface area contributed by atoms with Crippen molar-refractivity contribution in [1.29, 1.82) is 0 Å². The Morgan fingerprint density at radius 2 is 0.870 bits per heavy atom. The van der Waals surface area contributed by atoms with Crippen LogP contribution in [0.2, 0.25) is 0 Å². The number of carbonyl (C=O) groups excluding carboxylic acids is 3. The van der Waals surface area contributed by atoms with Crippen molar-refractivity contribution in [2.45, 2.75) is 199 Å². The number of aliphatic hydroxyl groups is 3. The molecule has 3 atom stereocenters. The summed E-state index contributed by atoms with van der Waals surface area (Å²) in [6.45, 7) is 3.70. The van der Waals surface area contributed by atoms with E-state index < -0.39 is 42.8 Å². The van der Waals surface area contributed by atoms with Crippen LogP contribution in [0.1, 0.15) is 187 Å². The van der Waals surface area contributed by atoms with E-state index in [9.17, 15) is 29.7 Å². The van der Waals surface area contributed by atoms with E-state index >= 15 is 0 Å². The summed E-state index contributed by atoms with van der Waals surface area (Å²) >= 11 is 0. The monoisotopic (exact) mass is 660 g/mol. The Morgan fingerprint density at radius 3 is 1.28 bits per heavy atom. The Kier molecular flexibility index (Phi) is 31.6. The van der Waals surface area contributed by atoms with Gasteiger partial charge in [-0.05, 0) is 12.8 Å². The maximum Gasteiger partial charge on any atom is 0.591 e. The molecule has 0 rings (SSSR count). The lowest BCUT2D eigenvalue weighted by atomic mass is 9.92. The number of hydrogen-bond acceptors (Lipinski definition) is 10. The van der Waals surface area contributed by atoms with Crippen LogP contribution in [0, 0.1) is 5.92 Å². The Hall–Kier alpha value is -1.91. The highest BCUT2D eigenvalue weighted by molar-refractivity contribution is 5.74. The lowest BCUT2D eigenvalue weighted by molar-refractivity contribution is -0.296. The first kappa shape index (κ1) is 44.1. The minimum absolute atomic E-state index is 0.0805. The minimum Gasteiger partial charge on any atom is -0.394 e. The van der Waals surface area contributed by atoms with E-state index in [0.717, 1.165) is 44.9 Å². The van der Waals surface area contributed by atoms with Crippen LogP contribution in [-0.2, 0) is 29.1 Å². The zero-order valence-corrected chi connectivity index (χ0v) is 29.2. The van der Waals surface area contributed by atoms with Crippen LogP contribution in [0.3, 0.4) is 0 Å². The zero-order chi connectivity index (χ0) is 34.1. The second kappa shape index (κ2) is 33.0. The largest absolute Gasteiger partial charge is 0.591 e. The van der Waals surface area contributed by atoms with Crippen molar-refractivity contribution in [2.75, 3.05) is 6.61 Å². The summed E-state index contributed by atoms with van der Waals surface area (Å²) in [6, 6.07) is 0.